The van der Waals surface area contributed by atoms with Crippen LogP contribution >= 0.6 is 11.3 Å². The first-order valence-electron chi connectivity index (χ1n) is 24.1. The lowest BCUT2D eigenvalue weighted by atomic mass is 9.97. The zero-order valence-electron chi connectivity index (χ0n) is 38.2. The summed E-state index contributed by atoms with van der Waals surface area (Å²) in [5.41, 5.74) is 11.9. The number of hydrogen-bond donors (Lipinski definition) is 0. The summed E-state index contributed by atoms with van der Waals surface area (Å²) in [5, 5.41) is 13.0. The van der Waals surface area contributed by atoms with Crippen LogP contribution in [0.5, 0.6) is 0 Å². The summed E-state index contributed by atoms with van der Waals surface area (Å²) < 4.78 is 7.61. The van der Waals surface area contributed by atoms with E-state index in [1.54, 1.807) is 0 Å². The first-order valence-corrected chi connectivity index (χ1v) is 26.9. The summed E-state index contributed by atoms with van der Waals surface area (Å²) in [4.78, 5) is 0. The maximum absolute atomic E-state index is 2.77. The first kappa shape index (κ1) is 40.5. The number of benzene rings is 11. The van der Waals surface area contributed by atoms with Crippen LogP contribution in [0, 0.1) is 0 Å². The molecule has 0 radical (unpaired) electrons. The Morgan fingerprint density at radius 1 is 0.271 bits per heavy atom. The molecule has 11 aromatic carbocycles. The summed E-state index contributed by atoms with van der Waals surface area (Å²) in [7, 11) is -2.77. The zero-order chi connectivity index (χ0) is 46.2. The molecule has 3 aromatic heterocycles. The van der Waals surface area contributed by atoms with Crippen LogP contribution < -0.4 is 20.7 Å². The van der Waals surface area contributed by atoms with Gasteiger partial charge in [-0.3, -0.25) is 0 Å². The molecule has 0 saturated heterocycles. The highest BCUT2D eigenvalue weighted by Gasteiger charge is 2.41. The van der Waals surface area contributed by atoms with Crippen molar-refractivity contribution in [1.82, 2.24) is 9.13 Å². The fourth-order valence-corrected chi connectivity index (χ4v) is 17.5. The smallest absolute Gasteiger partial charge is 0.179 e. The molecular formula is C66H44N2SSi. The van der Waals surface area contributed by atoms with Crippen molar-refractivity contribution in [2.45, 2.75) is 0 Å². The number of para-hydroxylation sites is 1. The molecule has 0 spiro atoms. The molecule has 0 aliphatic carbocycles. The van der Waals surface area contributed by atoms with Gasteiger partial charge in [-0.05, 0) is 110 Å². The molecule has 328 valence electrons. The van der Waals surface area contributed by atoms with Gasteiger partial charge < -0.3 is 9.13 Å². The summed E-state index contributed by atoms with van der Waals surface area (Å²) in [5.74, 6) is 0. The van der Waals surface area contributed by atoms with Crippen LogP contribution in [0.2, 0.25) is 0 Å². The topological polar surface area (TPSA) is 9.86 Å². The number of thiophene rings is 1. The van der Waals surface area contributed by atoms with Crippen molar-refractivity contribution in [3.05, 3.63) is 267 Å². The average molecular weight is 925 g/mol. The lowest BCUT2D eigenvalue weighted by Gasteiger charge is -2.34. The molecule has 0 saturated carbocycles. The number of hydrogen-bond acceptors (Lipinski definition) is 1. The van der Waals surface area contributed by atoms with E-state index in [0.29, 0.717) is 0 Å². The van der Waals surface area contributed by atoms with E-state index < -0.39 is 8.07 Å². The second-order valence-corrected chi connectivity index (χ2v) is 23.3. The molecule has 0 N–H and O–H groups in total. The van der Waals surface area contributed by atoms with E-state index in [4.69, 9.17) is 0 Å². The van der Waals surface area contributed by atoms with Crippen LogP contribution in [-0.4, -0.2) is 17.2 Å². The van der Waals surface area contributed by atoms with Gasteiger partial charge in [-0.1, -0.05) is 200 Å². The van der Waals surface area contributed by atoms with Gasteiger partial charge in [0.05, 0.1) is 22.1 Å². The Morgan fingerprint density at radius 3 is 1.54 bits per heavy atom. The third-order valence-electron chi connectivity index (χ3n) is 14.7. The van der Waals surface area contributed by atoms with Crippen LogP contribution in [0.15, 0.2) is 267 Å². The number of nitrogens with zero attached hydrogens (tertiary/aromatic N) is 2. The predicted octanol–water partition coefficient (Wildman–Crippen LogP) is 15.0. The van der Waals surface area contributed by atoms with Crippen molar-refractivity contribution in [3.63, 3.8) is 0 Å². The van der Waals surface area contributed by atoms with Gasteiger partial charge >= 0.3 is 0 Å². The fraction of sp³-hybridized carbons (Fsp3) is 0. The number of fused-ring (bicyclic) bond motifs is 9. The Morgan fingerprint density at radius 2 is 0.800 bits per heavy atom. The minimum Gasteiger partial charge on any atom is -0.309 e. The van der Waals surface area contributed by atoms with Crippen LogP contribution in [0.25, 0.3) is 97.4 Å². The van der Waals surface area contributed by atoms with Gasteiger partial charge in [-0.15, -0.1) is 11.3 Å². The van der Waals surface area contributed by atoms with E-state index in [0.717, 1.165) is 11.4 Å². The van der Waals surface area contributed by atoms with Crippen molar-refractivity contribution in [2.24, 2.45) is 0 Å². The highest BCUT2D eigenvalue weighted by Crippen LogP contribution is 2.43. The van der Waals surface area contributed by atoms with E-state index in [-0.39, 0.29) is 0 Å². The summed E-state index contributed by atoms with van der Waals surface area (Å²) in [6.45, 7) is 0. The molecule has 0 unspecified atom stereocenters. The van der Waals surface area contributed by atoms with Gasteiger partial charge in [0.1, 0.15) is 0 Å². The Bertz CT molecular complexity index is 4190. The molecule has 3 heterocycles. The molecule has 70 heavy (non-hydrogen) atoms. The molecule has 0 bridgehead atoms. The van der Waals surface area contributed by atoms with E-state index in [1.807, 2.05) is 11.3 Å². The molecule has 4 heteroatoms. The van der Waals surface area contributed by atoms with Crippen LogP contribution in [0.1, 0.15) is 0 Å². The van der Waals surface area contributed by atoms with Gasteiger partial charge in [-0.2, -0.15) is 0 Å². The van der Waals surface area contributed by atoms with Crippen molar-refractivity contribution in [1.29, 1.82) is 0 Å². The van der Waals surface area contributed by atoms with Crippen molar-refractivity contribution >= 4 is 104 Å². The molecule has 0 amide bonds. The summed E-state index contributed by atoms with van der Waals surface area (Å²) in [6, 6.07) is 99.5. The lowest BCUT2D eigenvalue weighted by Crippen LogP contribution is -2.74. The average Bonchev–Trinajstić information content (AvgIpc) is 4.09. The van der Waals surface area contributed by atoms with Gasteiger partial charge in [0.2, 0.25) is 0 Å². The quantitative estimate of drug-likeness (QED) is 0.106. The summed E-state index contributed by atoms with van der Waals surface area (Å²) in [6.07, 6.45) is 0. The highest BCUT2D eigenvalue weighted by atomic mass is 32.1. The Balaban J connectivity index is 0.985. The molecule has 14 rings (SSSR count). The van der Waals surface area contributed by atoms with Gasteiger partial charge in [0.15, 0.2) is 8.07 Å². The van der Waals surface area contributed by atoms with E-state index >= 15 is 0 Å². The minimum absolute atomic E-state index is 1.14. The molecule has 2 nitrogen and oxygen atoms in total. The molecule has 0 atom stereocenters. The maximum atomic E-state index is 2.49. The maximum Gasteiger partial charge on any atom is 0.179 e. The third-order valence-corrected chi connectivity index (χ3v) is 20.6. The van der Waals surface area contributed by atoms with E-state index in [1.165, 1.54) is 107 Å². The van der Waals surface area contributed by atoms with Gasteiger partial charge in [-0.25, -0.2) is 0 Å². The van der Waals surface area contributed by atoms with Crippen molar-refractivity contribution in [3.8, 4) is 33.6 Å². The highest BCUT2D eigenvalue weighted by molar-refractivity contribution is 7.25. The first-order chi connectivity index (χ1) is 34.7. The van der Waals surface area contributed by atoms with Crippen LogP contribution in [0.3, 0.4) is 0 Å². The SMILES string of the molecule is c1ccc(-c2ccc3c(c2)c2c(-c4ccc5c(c4)sc4ccccc45)cccc2n3-c2ccc3c(c2)c2ccccc2n3-c2cccc([Si](c3ccccc3)(c3ccccc3)c3ccccc3)c2)cc1. The van der Waals surface area contributed by atoms with Crippen LogP contribution in [-0.2, 0) is 0 Å². The van der Waals surface area contributed by atoms with E-state index in [9.17, 15) is 0 Å². The fourth-order valence-electron chi connectivity index (χ4n) is 11.6. The third kappa shape index (κ3) is 6.24. The van der Waals surface area contributed by atoms with E-state index in [2.05, 4.69) is 276 Å². The Labute approximate surface area is 411 Å². The number of aromatic nitrogens is 2. The van der Waals surface area contributed by atoms with Crippen molar-refractivity contribution in [2.75, 3.05) is 0 Å². The molecule has 0 aliphatic heterocycles. The molecule has 0 fully saturated rings. The Hall–Kier alpha value is -8.54. The van der Waals surface area contributed by atoms with Gasteiger partial charge in [0, 0.05) is 53.1 Å². The normalized spacial score (nSPS) is 12.0. The zero-order valence-corrected chi connectivity index (χ0v) is 40.0. The number of rotatable bonds is 8. The van der Waals surface area contributed by atoms with Gasteiger partial charge in [0.25, 0.3) is 0 Å². The lowest BCUT2D eigenvalue weighted by molar-refractivity contribution is 1.17. The second kappa shape index (κ2) is 16.3. The minimum atomic E-state index is -2.77. The van der Waals surface area contributed by atoms with Crippen LogP contribution in [0.4, 0.5) is 0 Å². The molecule has 0 aliphatic rings. The standard InChI is InChI=1S/C66H44N2SSi/c1-5-19-45(20-6-1)46-36-39-62-59(41-46)66-54(47-35-38-57-56-30-14-16-34-64(56)69-65(57)42-47)31-18-33-63(66)68(62)49-37-40-61-58(44-49)55-29-13-15-32-60(55)67(61)48-21-17-28-53(43-48)70(50-22-7-2-8-23-50,51-24-9-3-10-25-51)52-26-11-4-12-27-52/h1-44H. The largest absolute Gasteiger partial charge is 0.309 e. The Kier molecular flexibility index (Phi) is 9.44. The summed E-state index contributed by atoms with van der Waals surface area (Å²) >= 11 is 1.88. The predicted molar refractivity (Wildman–Crippen MR) is 302 cm³/mol. The monoisotopic (exact) mass is 924 g/mol. The molecule has 14 aromatic rings. The second-order valence-electron chi connectivity index (χ2n) is 18.4. The van der Waals surface area contributed by atoms with Crippen molar-refractivity contribution < 1.29 is 0 Å². The molecular weight excluding hydrogens is 881 g/mol.